The van der Waals surface area contributed by atoms with Crippen molar-refractivity contribution in [1.29, 1.82) is 0 Å². The van der Waals surface area contributed by atoms with Gasteiger partial charge in [0.1, 0.15) is 17.2 Å². The highest BCUT2D eigenvalue weighted by Crippen LogP contribution is 2.37. The molecule has 0 atom stereocenters. The van der Waals surface area contributed by atoms with E-state index >= 15 is 0 Å². The summed E-state index contributed by atoms with van der Waals surface area (Å²) in [6.07, 6.45) is 0.0764. The zero-order valence-corrected chi connectivity index (χ0v) is 24.0. The number of aryl methyl sites for hydroxylation is 3. The highest BCUT2D eigenvalue weighted by atomic mass is 32.2. The van der Waals surface area contributed by atoms with Crippen molar-refractivity contribution in [3.8, 4) is 23.0 Å². The Morgan fingerprint density at radius 2 is 1.51 bits per heavy atom. The van der Waals surface area contributed by atoms with Gasteiger partial charge in [0.15, 0.2) is 12.3 Å². The van der Waals surface area contributed by atoms with Gasteiger partial charge in [-0.15, -0.1) is 0 Å². The summed E-state index contributed by atoms with van der Waals surface area (Å²) in [5.41, 5.74) is 2.20. The molecule has 216 valence electrons. The normalized spacial score (nSPS) is 11.5. The van der Waals surface area contributed by atoms with Gasteiger partial charge in [-0.1, -0.05) is 0 Å². The summed E-state index contributed by atoms with van der Waals surface area (Å²) in [5, 5.41) is 10.3. The van der Waals surface area contributed by atoms with Crippen LogP contribution in [0.1, 0.15) is 38.3 Å². The van der Waals surface area contributed by atoms with Crippen molar-refractivity contribution in [2.45, 2.75) is 26.8 Å². The molecule has 3 aromatic carbocycles. The van der Waals surface area contributed by atoms with Crippen molar-refractivity contribution in [3.05, 3.63) is 64.7 Å². The number of nitrogens with zero attached hydrogens (tertiary/aromatic N) is 1. The minimum atomic E-state index is -4.21. The first-order valence-electron chi connectivity index (χ1n) is 12.5. The molecule has 2 N–H and O–H groups in total. The van der Waals surface area contributed by atoms with Crippen molar-refractivity contribution in [2.75, 3.05) is 27.1 Å². The maximum Gasteiger partial charge on any atom is 0.345 e. The third-order valence-electron chi connectivity index (χ3n) is 6.70. The fourth-order valence-electron chi connectivity index (χ4n) is 4.90. The van der Waals surface area contributed by atoms with Crippen LogP contribution < -0.4 is 23.5 Å². The lowest BCUT2D eigenvalue weighted by Crippen LogP contribution is -2.38. The Hall–Kier alpha value is -4.42. The number of aromatic nitrogens is 1. The number of pyridine rings is 1. The lowest BCUT2D eigenvalue weighted by molar-refractivity contribution is -0.645. The predicted octanol–water partition coefficient (Wildman–Crippen LogP) is 4.12. The van der Waals surface area contributed by atoms with Crippen molar-refractivity contribution in [1.82, 2.24) is 0 Å². The Morgan fingerprint density at radius 1 is 0.878 bits per heavy atom. The smallest absolute Gasteiger partial charge is 0.345 e. The average Bonchev–Trinajstić information content (AvgIpc) is 2.92. The van der Waals surface area contributed by atoms with Gasteiger partial charge in [-0.25, -0.2) is 9.59 Å². The minimum Gasteiger partial charge on any atom is -0.497 e. The summed E-state index contributed by atoms with van der Waals surface area (Å²) in [4.78, 5) is 25.5. The van der Waals surface area contributed by atoms with E-state index in [0.29, 0.717) is 50.2 Å². The van der Waals surface area contributed by atoms with E-state index in [4.69, 9.17) is 18.9 Å². The molecular formula is C29H30NO10S+. The van der Waals surface area contributed by atoms with E-state index in [1.54, 1.807) is 44.2 Å². The maximum atomic E-state index is 14.0. The molecule has 0 aliphatic heterocycles. The molecular weight excluding hydrogens is 554 g/mol. The fraction of sp³-hybridized carbons (Fsp3) is 0.276. The Balaban J connectivity index is 2.04. The molecule has 0 amide bonds. The molecule has 11 nitrogen and oxygen atoms in total. The molecule has 1 aromatic heterocycles. The molecule has 0 aliphatic carbocycles. The predicted molar refractivity (Wildman–Crippen MR) is 150 cm³/mol. The first-order valence-corrected chi connectivity index (χ1v) is 14.1. The van der Waals surface area contributed by atoms with E-state index in [0.717, 1.165) is 0 Å². The maximum absolute atomic E-state index is 14.0. The van der Waals surface area contributed by atoms with Crippen LogP contribution in [0.2, 0.25) is 0 Å². The first-order chi connectivity index (χ1) is 19.4. The van der Waals surface area contributed by atoms with E-state index in [1.807, 2.05) is 4.57 Å². The van der Waals surface area contributed by atoms with Crippen LogP contribution in [0.15, 0.2) is 42.5 Å². The molecule has 4 aromatic rings. The minimum absolute atomic E-state index is 0.0700. The summed E-state index contributed by atoms with van der Waals surface area (Å²) in [6, 6.07) is 11.3. The Labute approximate surface area is 236 Å². The summed E-state index contributed by atoms with van der Waals surface area (Å²) >= 11 is 0. The number of benzene rings is 3. The summed E-state index contributed by atoms with van der Waals surface area (Å²) < 4.78 is 56.6. The van der Waals surface area contributed by atoms with Crippen LogP contribution >= 0.6 is 0 Å². The SMILES string of the molecule is COc1ccc2c(c1)c(C(=O)Oc1c(C)cc(C(=O)O)cc1C)c1cc(OC)cc(OC)c1[n+]2CCCS(=O)(=O)O. The Morgan fingerprint density at radius 3 is 2.07 bits per heavy atom. The topological polar surface area (TPSA) is 150 Å². The molecule has 0 bridgehead atoms. The molecule has 0 saturated carbocycles. The third kappa shape index (κ3) is 6.03. The zero-order valence-electron chi connectivity index (χ0n) is 23.2. The van der Waals surface area contributed by atoms with Gasteiger partial charge in [0.05, 0.1) is 49.0 Å². The highest BCUT2D eigenvalue weighted by Gasteiger charge is 2.30. The van der Waals surface area contributed by atoms with Crippen molar-refractivity contribution in [2.24, 2.45) is 0 Å². The Kier molecular flexibility index (Phi) is 8.36. The van der Waals surface area contributed by atoms with Crippen LogP contribution in [0, 0.1) is 13.8 Å². The monoisotopic (exact) mass is 584 g/mol. The van der Waals surface area contributed by atoms with Crippen LogP contribution in [0.25, 0.3) is 21.8 Å². The number of hydrogen-bond acceptors (Lipinski definition) is 8. The van der Waals surface area contributed by atoms with Crippen LogP contribution in [0.4, 0.5) is 0 Å². The quantitative estimate of drug-likeness (QED) is 0.0916. The van der Waals surface area contributed by atoms with Gasteiger partial charge in [0.2, 0.25) is 5.52 Å². The number of rotatable bonds is 10. The second kappa shape index (κ2) is 11.6. The van der Waals surface area contributed by atoms with E-state index in [-0.39, 0.29) is 29.8 Å². The van der Waals surface area contributed by atoms with E-state index in [9.17, 15) is 27.7 Å². The van der Waals surface area contributed by atoms with E-state index < -0.39 is 27.8 Å². The molecule has 0 fully saturated rings. The van der Waals surface area contributed by atoms with Gasteiger partial charge in [-0.2, -0.15) is 13.0 Å². The van der Waals surface area contributed by atoms with Crippen molar-refractivity contribution < 1.29 is 51.2 Å². The Bertz CT molecular complexity index is 1770. The number of carboxylic acids is 1. The fourth-order valence-corrected chi connectivity index (χ4v) is 5.40. The van der Waals surface area contributed by atoms with Gasteiger partial charge in [0.25, 0.3) is 15.6 Å². The van der Waals surface area contributed by atoms with E-state index in [1.165, 1.54) is 33.5 Å². The van der Waals surface area contributed by atoms with Crippen LogP contribution in [-0.4, -0.2) is 57.1 Å². The number of fused-ring (bicyclic) bond motifs is 2. The number of carbonyl (C=O) groups excluding carboxylic acids is 1. The van der Waals surface area contributed by atoms with Gasteiger partial charge < -0.3 is 24.1 Å². The van der Waals surface area contributed by atoms with Crippen molar-refractivity contribution in [3.63, 3.8) is 0 Å². The van der Waals surface area contributed by atoms with Gasteiger partial charge in [0, 0.05) is 18.6 Å². The number of esters is 1. The number of methoxy groups -OCH3 is 3. The molecule has 0 aliphatic rings. The largest absolute Gasteiger partial charge is 0.497 e. The van der Waals surface area contributed by atoms with Crippen LogP contribution in [0.5, 0.6) is 23.0 Å². The summed E-state index contributed by atoms with van der Waals surface area (Å²) in [7, 11) is 0.217. The molecule has 41 heavy (non-hydrogen) atoms. The second-order valence-electron chi connectivity index (χ2n) is 9.41. The summed E-state index contributed by atoms with van der Waals surface area (Å²) in [6.45, 7) is 3.47. The van der Waals surface area contributed by atoms with Crippen molar-refractivity contribution >= 4 is 43.9 Å². The molecule has 0 saturated heterocycles. The lowest BCUT2D eigenvalue weighted by atomic mass is 10.00. The molecule has 0 spiro atoms. The zero-order chi connectivity index (χ0) is 30.1. The molecule has 12 heteroatoms. The first kappa shape index (κ1) is 29.6. The molecule has 1 heterocycles. The van der Waals surface area contributed by atoms with Crippen LogP contribution in [-0.2, 0) is 16.7 Å². The van der Waals surface area contributed by atoms with Gasteiger partial charge in [-0.05, 0) is 55.3 Å². The second-order valence-corrected chi connectivity index (χ2v) is 11.0. The molecule has 0 radical (unpaired) electrons. The lowest BCUT2D eigenvalue weighted by Gasteiger charge is -2.16. The van der Waals surface area contributed by atoms with E-state index in [2.05, 4.69) is 0 Å². The van der Waals surface area contributed by atoms with Crippen LogP contribution in [0.3, 0.4) is 0 Å². The number of hydrogen-bond donors (Lipinski definition) is 2. The summed E-state index contributed by atoms with van der Waals surface area (Å²) in [5.74, 6) is -0.842. The number of ether oxygens (including phenoxy) is 4. The van der Waals surface area contributed by atoms with Gasteiger partial charge >= 0.3 is 11.9 Å². The highest BCUT2D eigenvalue weighted by molar-refractivity contribution is 7.85. The molecule has 0 unspecified atom stereocenters. The standard InChI is InChI=1S/C29H29NO10S/c1-16-11-18(28(31)32)12-17(2)27(16)40-29(33)25-21-13-19(37-3)7-8-23(21)30(9-6-10-41(34,35)36)26-22(25)14-20(38-4)15-24(26)39-5/h7-8,11-15H,6,9-10H2,1-5H3,(H-,31,32,34,35,36)/p+1. The number of carboxylic acid groups (broad SMARTS) is 1. The molecule has 4 rings (SSSR count). The number of aromatic carboxylic acids is 1. The third-order valence-corrected chi connectivity index (χ3v) is 7.50. The van der Waals surface area contributed by atoms with Gasteiger partial charge in [-0.3, -0.25) is 4.55 Å². The average molecular weight is 585 g/mol. The number of carbonyl (C=O) groups is 2.